The highest BCUT2D eigenvalue weighted by atomic mass is 16.5. The zero-order valence-corrected chi connectivity index (χ0v) is 19.0. The van der Waals surface area contributed by atoms with E-state index in [1.54, 1.807) is 12.4 Å². The number of nitrogens with one attached hydrogen (secondary N) is 1. The Balaban J connectivity index is 1.35. The topological polar surface area (TPSA) is 111 Å². The van der Waals surface area contributed by atoms with Crippen molar-refractivity contribution in [2.45, 2.75) is 51.3 Å². The zero-order chi connectivity index (χ0) is 23.0. The number of fused-ring (bicyclic) bond motifs is 2. The fourth-order valence-corrected chi connectivity index (χ4v) is 4.75. The van der Waals surface area contributed by atoms with Crippen LogP contribution < -0.4 is 15.8 Å². The summed E-state index contributed by atoms with van der Waals surface area (Å²) >= 11 is 0. The van der Waals surface area contributed by atoms with Gasteiger partial charge in [-0.2, -0.15) is 5.10 Å². The summed E-state index contributed by atoms with van der Waals surface area (Å²) in [5.41, 5.74) is 9.70. The molecular weight excluding hydrogens is 418 g/mol. The molecule has 0 radical (unpaired) electrons. The molecule has 1 atom stereocenters. The first-order valence-electron chi connectivity index (χ1n) is 11.4. The summed E-state index contributed by atoms with van der Waals surface area (Å²) in [6.45, 7) is 6.60. The molecule has 1 saturated heterocycles. The van der Waals surface area contributed by atoms with E-state index in [1.807, 2.05) is 43.0 Å². The Morgan fingerprint density at radius 2 is 2.09 bits per heavy atom. The molecule has 1 spiro atoms. The lowest BCUT2D eigenvalue weighted by Crippen LogP contribution is -2.43. The van der Waals surface area contributed by atoms with Crippen molar-refractivity contribution in [1.82, 2.24) is 30.0 Å². The van der Waals surface area contributed by atoms with E-state index < -0.39 is 0 Å². The molecule has 3 aromatic heterocycles. The van der Waals surface area contributed by atoms with Crippen molar-refractivity contribution in [3.05, 3.63) is 54.1 Å². The van der Waals surface area contributed by atoms with E-state index in [9.17, 15) is 4.79 Å². The minimum absolute atomic E-state index is 0.0116. The van der Waals surface area contributed by atoms with E-state index in [0.717, 1.165) is 49.4 Å². The van der Waals surface area contributed by atoms with Gasteiger partial charge in [0.25, 0.3) is 0 Å². The molecule has 5 rings (SSSR count). The Morgan fingerprint density at radius 3 is 2.88 bits per heavy atom. The molecule has 9 nitrogen and oxygen atoms in total. The van der Waals surface area contributed by atoms with Gasteiger partial charge in [-0.25, -0.2) is 9.78 Å². The smallest absolute Gasteiger partial charge is 0.317 e. The third kappa shape index (κ3) is 4.10. The number of hydrogen-bond donors (Lipinski definition) is 2. The molecule has 9 heteroatoms. The van der Waals surface area contributed by atoms with Crippen LogP contribution in [0.15, 0.2) is 42.7 Å². The van der Waals surface area contributed by atoms with E-state index in [2.05, 4.69) is 26.0 Å². The number of nitrogens with two attached hydrogens (primary N) is 1. The number of nitrogen functional groups attached to an aromatic ring is 1. The minimum Gasteiger partial charge on any atom is -0.483 e. The molecule has 3 N–H and O–H groups in total. The largest absolute Gasteiger partial charge is 0.483 e. The standard InChI is InChI=1S/C24H29N7O2/c1-16(2)28-23(32)30-9-6-24(15-30)7-10-31-21(24)12-19(29-31)17-11-20(22(25)27-13-17)33-14-18-5-3-4-8-26-18/h3-5,8,11-13,16H,6-7,9-10,14-15H2,1-2H3,(H2,25,27)(H,28,32). The number of hydrogen-bond acceptors (Lipinski definition) is 6. The second-order valence-corrected chi connectivity index (χ2v) is 9.16. The first kappa shape index (κ1) is 21.2. The minimum atomic E-state index is -0.0425. The van der Waals surface area contributed by atoms with Crippen molar-refractivity contribution in [3.8, 4) is 17.0 Å². The molecular formula is C24H29N7O2. The number of pyridine rings is 2. The van der Waals surface area contributed by atoms with E-state index >= 15 is 0 Å². The van der Waals surface area contributed by atoms with Crippen molar-refractivity contribution in [3.63, 3.8) is 0 Å². The van der Waals surface area contributed by atoms with Gasteiger partial charge >= 0.3 is 6.03 Å². The summed E-state index contributed by atoms with van der Waals surface area (Å²) < 4.78 is 7.97. The Labute approximate surface area is 193 Å². The third-order valence-corrected chi connectivity index (χ3v) is 6.46. The van der Waals surface area contributed by atoms with E-state index in [1.165, 1.54) is 5.69 Å². The number of aryl methyl sites for hydroxylation is 1. The Hall–Kier alpha value is -3.62. The summed E-state index contributed by atoms with van der Waals surface area (Å²) in [7, 11) is 0. The number of urea groups is 1. The third-order valence-electron chi connectivity index (χ3n) is 6.46. The average molecular weight is 448 g/mol. The van der Waals surface area contributed by atoms with Gasteiger partial charge in [0.1, 0.15) is 6.61 Å². The summed E-state index contributed by atoms with van der Waals surface area (Å²) in [5.74, 6) is 0.846. The molecule has 33 heavy (non-hydrogen) atoms. The maximum absolute atomic E-state index is 12.5. The lowest BCUT2D eigenvalue weighted by molar-refractivity contribution is 0.203. The molecule has 2 amide bonds. The zero-order valence-electron chi connectivity index (χ0n) is 19.0. The molecule has 3 aromatic rings. The predicted octanol–water partition coefficient (Wildman–Crippen LogP) is 2.97. The quantitative estimate of drug-likeness (QED) is 0.622. The number of rotatable bonds is 5. The molecule has 2 aliphatic rings. The van der Waals surface area contributed by atoms with Gasteiger partial charge in [-0.3, -0.25) is 9.67 Å². The van der Waals surface area contributed by atoms with Crippen LogP contribution >= 0.6 is 0 Å². The Bertz CT molecular complexity index is 1160. The van der Waals surface area contributed by atoms with Crippen molar-refractivity contribution in [1.29, 1.82) is 0 Å². The second kappa shape index (κ2) is 8.38. The van der Waals surface area contributed by atoms with Gasteiger partial charge in [0, 0.05) is 54.7 Å². The highest BCUT2D eigenvalue weighted by Crippen LogP contribution is 2.44. The SMILES string of the molecule is CC(C)NC(=O)N1CCC2(CCn3nc(-c4cnc(N)c(OCc5ccccn5)c4)cc32)C1. The van der Waals surface area contributed by atoms with E-state index in [4.69, 9.17) is 15.6 Å². The van der Waals surface area contributed by atoms with Crippen molar-refractivity contribution in [2.75, 3.05) is 18.8 Å². The summed E-state index contributed by atoms with van der Waals surface area (Å²) in [5, 5.41) is 7.84. The average Bonchev–Trinajstić information content (AvgIpc) is 3.50. The first-order valence-corrected chi connectivity index (χ1v) is 11.4. The summed E-state index contributed by atoms with van der Waals surface area (Å²) in [6, 6.07) is 9.84. The van der Waals surface area contributed by atoms with Crippen LogP contribution in [0.1, 0.15) is 38.1 Å². The number of nitrogens with zero attached hydrogens (tertiary/aromatic N) is 5. The van der Waals surface area contributed by atoms with Crippen LogP contribution in [-0.4, -0.2) is 49.8 Å². The monoisotopic (exact) mass is 447 g/mol. The van der Waals surface area contributed by atoms with E-state index in [0.29, 0.717) is 18.2 Å². The maximum Gasteiger partial charge on any atom is 0.317 e. The van der Waals surface area contributed by atoms with Gasteiger partial charge in [-0.15, -0.1) is 0 Å². The van der Waals surface area contributed by atoms with Crippen LogP contribution in [0.25, 0.3) is 11.3 Å². The van der Waals surface area contributed by atoms with E-state index in [-0.39, 0.29) is 17.5 Å². The summed E-state index contributed by atoms with van der Waals surface area (Å²) in [6.07, 6.45) is 5.40. The number of likely N-dealkylation sites (tertiary alicyclic amines) is 1. The molecule has 0 saturated carbocycles. The number of carbonyl (C=O) groups is 1. The normalized spacial score (nSPS) is 19.3. The molecule has 2 aliphatic heterocycles. The van der Waals surface area contributed by atoms with Crippen LogP contribution in [0.2, 0.25) is 0 Å². The second-order valence-electron chi connectivity index (χ2n) is 9.16. The molecule has 1 fully saturated rings. The fraction of sp³-hybridized carbons (Fsp3) is 0.417. The molecule has 5 heterocycles. The fourth-order valence-electron chi connectivity index (χ4n) is 4.75. The molecule has 0 aromatic carbocycles. The first-order chi connectivity index (χ1) is 15.9. The van der Waals surface area contributed by atoms with Crippen LogP contribution in [0.4, 0.5) is 10.6 Å². The molecule has 1 unspecified atom stereocenters. The Kier molecular flexibility index (Phi) is 5.39. The van der Waals surface area contributed by atoms with Gasteiger partial charge in [0.2, 0.25) is 0 Å². The van der Waals surface area contributed by atoms with Crippen molar-refractivity contribution < 1.29 is 9.53 Å². The highest BCUT2D eigenvalue weighted by Gasteiger charge is 2.47. The van der Waals surface area contributed by atoms with Gasteiger partial charge in [0.15, 0.2) is 11.6 Å². The van der Waals surface area contributed by atoms with Gasteiger partial charge in [-0.05, 0) is 51.0 Å². The number of ether oxygens (including phenoxy) is 1. The highest BCUT2D eigenvalue weighted by molar-refractivity contribution is 5.75. The van der Waals surface area contributed by atoms with Gasteiger partial charge in [-0.1, -0.05) is 6.07 Å². The van der Waals surface area contributed by atoms with Crippen molar-refractivity contribution >= 4 is 11.8 Å². The van der Waals surface area contributed by atoms with Gasteiger partial charge < -0.3 is 20.7 Å². The Morgan fingerprint density at radius 1 is 1.24 bits per heavy atom. The predicted molar refractivity (Wildman–Crippen MR) is 125 cm³/mol. The maximum atomic E-state index is 12.5. The van der Waals surface area contributed by atoms with Crippen LogP contribution in [0, 0.1) is 0 Å². The lowest BCUT2D eigenvalue weighted by Gasteiger charge is -2.24. The lowest BCUT2D eigenvalue weighted by atomic mass is 9.82. The number of amides is 2. The van der Waals surface area contributed by atoms with Gasteiger partial charge in [0.05, 0.1) is 11.4 Å². The van der Waals surface area contributed by atoms with Crippen LogP contribution in [0.5, 0.6) is 5.75 Å². The molecule has 0 aliphatic carbocycles. The molecule has 172 valence electrons. The number of aromatic nitrogens is 4. The van der Waals surface area contributed by atoms with Crippen LogP contribution in [0.3, 0.4) is 0 Å². The molecule has 0 bridgehead atoms. The summed E-state index contributed by atoms with van der Waals surface area (Å²) in [4.78, 5) is 23.1. The number of anilines is 1. The van der Waals surface area contributed by atoms with Crippen molar-refractivity contribution in [2.24, 2.45) is 0 Å². The number of carbonyl (C=O) groups excluding carboxylic acids is 1. The van der Waals surface area contributed by atoms with Crippen LogP contribution in [-0.2, 0) is 18.6 Å².